The van der Waals surface area contributed by atoms with Crippen LogP contribution in [0.15, 0.2) is 48.1 Å². The van der Waals surface area contributed by atoms with Crippen molar-refractivity contribution in [3.05, 3.63) is 59.4 Å². The Kier molecular flexibility index (Phi) is 4.93. The van der Waals surface area contributed by atoms with E-state index in [1.165, 1.54) is 29.7 Å². The van der Waals surface area contributed by atoms with E-state index in [4.69, 9.17) is 0 Å². The number of thiazole rings is 1. The maximum absolute atomic E-state index is 12.8. The minimum Gasteiger partial charge on any atom is -0.348 e. The standard InChI is InChI=1S/C22H25N5OS/c1-26-13-16(11-23-26)22-25-20(14-29-22)21(28)24-17-9-18-7-8-19(10-17)27(18)12-15-5-3-2-4-6-15/h2-6,11,13-14,17-19H,7-10,12H2,1H3,(H,24,28). The number of carbonyl (C=O) groups excluding carboxylic acids is 1. The van der Waals surface area contributed by atoms with Gasteiger partial charge in [0, 0.05) is 48.9 Å². The van der Waals surface area contributed by atoms with Crippen molar-refractivity contribution >= 4 is 17.2 Å². The van der Waals surface area contributed by atoms with Gasteiger partial charge in [-0.15, -0.1) is 11.3 Å². The lowest BCUT2D eigenvalue weighted by Gasteiger charge is -2.39. The first-order valence-electron chi connectivity index (χ1n) is 10.2. The van der Waals surface area contributed by atoms with Crippen LogP contribution in [0, 0.1) is 0 Å². The topological polar surface area (TPSA) is 63.1 Å². The Morgan fingerprint density at radius 2 is 1.97 bits per heavy atom. The van der Waals surface area contributed by atoms with Crippen LogP contribution in [0.1, 0.15) is 41.7 Å². The van der Waals surface area contributed by atoms with Crippen molar-refractivity contribution in [3.8, 4) is 10.6 Å². The number of nitrogens with zero attached hydrogens (tertiary/aromatic N) is 4. The van der Waals surface area contributed by atoms with Gasteiger partial charge in [-0.2, -0.15) is 5.10 Å². The van der Waals surface area contributed by atoms with Gasteiger partial charge in [-0.25, -0.2) is 4.98 Å². The molecule has 2 unspecified atom stereocenters. The number of aromatic nitrogens is 3. The maximum atomic E-state index is 12.8. The van der Waals surface area contributed by atoms with Gasteiger partial charge in [0.15, 0.2) is 0 Å². The van der Waals surface area contributed by atoms with E-state index in [9.17, 15) is 4.79 Å². The third-order valence-electron chi connectivity index (χ3n) is 6.12. The number of fused-ring (bicyclic) bond motifs is 2. The first-order valence-corrected chi connectivity index (χ1v) is 11.1. The lowest BCUT2D eigenvalue weighted by Crippen LogP contribution is -2.50. The van der Waals surface area contributed by atoms with Gasteiger partial charge in [0.25, 0.3) is 5.91 Å². The molecule has 0 radical (unpaired) electrons. The summed E-state index contributed by atoms with van der Waals surface area (Å²) < 4.78 is 1.75. The molecule has 2 bridgehead atoms. The van der Waals surface area contributed by atoms with Crippen LogP contribution in [0.25, 0.3) is 10.6 Å². The van der Waals surface area contributed by atoms with E-state index in [0.717, 1.165) is 30.0 Å². The van der Waals surface area contributed by atoms with Crippen molar-refractivity contribution in [2.45, 2.75) is 50.4 Å². The van der Waals surface area contributed by atoms with Crippen LogP contribution in [-0.4, -0.2) is 43.7 Å². The Bertz CT molecular complexity index is 984. The molecule has 1 aromatic carbocycles. The molecular weight excluding hydrogens is 382 g/mol. The number of benzene rings is 1. The Balaban J connectivity index is 1.21. The predicted molar refractivity (Wildman–Crippen MR) is 114 cm³/mol. The van der Waals surface area contributed by atoms with E-state index in [1.807, 2.05) is 18.6 Å². The summed E-state index contributed by atoms with van der Waals surface area (Å²) in [5.41, 5.74) is 2.83. The van der Waals surface area contributed by atoms with Gasteiger partial charge in [0.05, 0.1) is 6.20 Å². The second-order valence-corrected chi connectivity index (χ2v) is 8.98. The third kappa shape index (κ3) is 3.84. The van der Waals surface area contributed by atoms with Crippen molar-refractivity contribution in [2.24, 2.45) is 7.05 Å². The SMILES string of the molecule is Cn1cc(-c2nc(C(=O)NC3CC4CCC(C3)N4Cc3ccccc3)cs2)cn1. The lowest BCUT2D eigenvalue weighted by atomic mass is 9.96. The summed E-state index contributed by atoms with van der Waals surface area (Å²) >= 11 is 1.49. The highest BCUT2D eigenvalue weighted by Crippen LogP contribution is 2.37. The molecular formula is C22H25N5OS. The van der Waals surface area contributed by atoms with Gasteiger partial charge >= 0.3 is 0 Å². The zero-order valence-corrected chi connectivity index (χ0v) is 17.3. The van der Waals surface area contributed by atoms with Crippen LogP contribution in [0.3, 0.4) is 0 Å². The van der Waals surface area contributed by atoms with Crippen LogP contribution in [0.4, 0.5) is 0 Å². The molecule has 1 amide bonds. The normalized spacial score (nSPS) is 24.0. The monoisotopic (exact) mass is 407 g/mol. The Hall–Kier alpha value is -2.51. The predicted octanol–water partition coefficient (Wildman–Crippen LogP) is 3.47. The quantitative estimate of drug-likeness (QED) is 0.703. The number of hydrogen-bond acceptors (Lipinski definition) is 5. The summed E-state index contributed by atoms with van der Waals surface area (Å²) in [6.07, 6.45) is 8.20. The second-order valence-electron chi connectivity index (χ2n) is 8.13. The molecule has 6 nitrogen and oxygen atoms in total. The molecule has 0 aliphatic carbocycles. The average molecular weight is 408 g/mol. The maximum Gasteiger partial charge on any atom is 0.270 e. The van der Waals surface area contributed by atoms with E-state index in [1.54, 1.807) is 10.9 Å². The number of amides is 1. The van der Waals surface area contributed by atoms with E-state index < -0.39 is 0 Å². The molecule has 0 spiro atoms. The van der Waals surface area contributed by atoms with E-state index in [-0.39, 0.29) is 11.9 Å². The number of hydrogen-bond donors (Lipinski definition) is 1. The molecule has 5 rings (SSSR count). The molecule has 2 aliphatic heterocycles. The van der Waals surface area contributed by atoms with Gasteiger partial charge in [-0.1, -0.05) is 30.3 Å². The molecule has 29 heavy (non-hydrogen) atoms. The van der Waals surface area contributed by atoms with Crippen LogP contribution in [-0.2, 0) is 13.6 Å². The fraction of sp³-hybridized carbons (Fsp3) is 0.409. The molecule has 4 heterocycles. The third-order valence-corrected chi connectivity index (χ3v) is 7.01. The Morgan fingerprint density at radius 1 is 1.21 bits per heavy atom. The number of piperidine rings is 1. The van der Waals surface area contributed by atoms with Crippen LogP contribution in [0.2, 0.25) is 0 Å². The molecule has 1 N–H and O–H groups in total. The van der Waals surface area contributed by atoms with Crippen LogP contribution < -0.4 is 5.32 Å². The zero-order valence-electron chi connectivity index (χ0n) is 16.5. The zero-order chi connectivity index (χ0) is 19.8. The van der Waals surface area contributed by atoms with Gasteiger partial charge in [-0.3, -0.25) is 14.4 Å². The molecule has 2 aliphatic rings. The molecule has 2 saturated heterocycles. The first kappa shape index (κ1) is 18.5. The van der Waals surface area contributed by atoms with Crippen LogP contribution in [0.5, 0.6) is 0 Å². The lowest BCUT2D eigenvalue weighted by molar-refractivity contribution is 0.0824. The fourth-order valence-electron chi connectivity index (χ4n) is 4.75. The molecule has 7 heteroatoms. The van der Waals surface area contributed by atoms with Crippen molar-refractivity contribution in [3.63, 3.8) is 0 Å². The summed E-state index contributed by atoms with van der Waals surface area (Å²) in [5, 5.41) is 10.1. The summed E-state index contributed by atoms with van der Waals surface area (Å²) in [7, 11) is 1.88. The largest absolute Gasteiger partial charge is 0.348 e. The molecule has 150 valence electrons. The molecule has 2 fully saturated rings. The summed E-state index contributed by atoms with van der Waals surface area (Å²) in [4.78, 5) is 19.9. The van der Waals surface area contributed by atoms with Crippen molar-refractivity contribution < 1.29 is 4.79 Å². The minimum absolute atomic E-state index is 0.0581. The molecule has 3 aromatic rings. The van der Waals surface area contributed by atoms with Crippen molar-refractivity contribution in [2.75, 3.05) is 0 Å². The van der Waals surface area contributed by atoms with Gasteiger partial charge in [-0.05, 0) is 31.2 Å². The Labute approximate surface area is 174 Å². The first-order chi connectivity index (χ1) is 14.2. The van der Waals surface area contributed by atoms with E-state index in [0.29, 0.717) is 17.8 Å². The van der Waals surface area contributed by atoms with Crippen molar-refractivity contribution in [1.29, 1.82) is 0 Å². The summed E-state index contributed by atoms with van der Waals surface area (Å²) in [6.45, 7) is 1.01. The highest BCUT2D eigenvalue weighted by molar-refractivity contribution is 7.13. The van der Waals surface area contributed by atoms with Gasteiger partial charge in [0.1, 0.15) is 10.7 Å². The Morgan fingerprint density at radius 3 is 2.66 bits per heavy atom. The fourth-order valence-corrected chi connectivity index (χ4v) is 5.52. The smallest absolute Gasteiger partial charge is 0.270 e. The second kappa shape index (κ2) is 7.72. The van der Waals surface area contributed by atoms with E-state index >= 15 is 0 Å². The highest BCUT2D eigenvalue weighted by Gasteiger charge is 2.41. The summed E-state index contributed by atoms with van der Waals surface area (Å²) in [5.74, 6) is -0.0581. The van der Waals surface area contributed by atoms with Crippen LogP contribution >= 0.6 is 11.3 Å². The number of carbonyl (C=O) groups is 1. The van der Waals surface area contributed by atoms with E-state index in [2.05, 4.69) is 50.6 Å². The number of aryl methyl sites for hydroxylation is 1. The molecule has 0 saturated carbocycles. The highest BCUT2D eigenvalue weighted by atomic mass is 32.1. The van der Waals surface area contributed by atoms with Crippen molar-refractivity contribution in [1.82, 2.24) is 25.0 Å². The minimum atomic E-state index is -0.0581. The number of nitrogens with one attached hydrogen (secondary N) is 1. The molecule has 2 aromatic heterocycles. The summed E-state index contributed by atoms with van der Waals surface area (Å²) in [6, 6.07) is 12.0. The number of rotatable bonds is 5. The van der Waals surface area contributed by atoms with Gasteiger partial charge < -0.3 is 5.32 Å². The molecule has 2 atom stereocenters. The average Bonchev–Trinajstić information content (AvgIpc) is 3.42. The van der Waals surface area contributed by atoms with Gasteiger partial charge in [0.2, 0.25) is 0 Å².